The molecule has 0 aliphatic heterocycles. The van der Waals surface area contributed by atoms with Gasteiger partial charge in [0.1, 0.15) is 11.2 Å². The van der Waals surface area contributed by atoms with E-state index in [1.165, 1.54) is 18.5 Å². The van der Waals surface area contributed by atoms with E-state index in [1.807, 2.05) is 0 Å². The molecule has 0 fully saturated rings. The second-order valence-corrected chi connectivity index (χ2v) is 4.46. The lowest BCUT2D eigenvalue weighted by molar-refractivity contribution is 0.613. The van der Waals surface area contributed by atoms with Crippen molar-refractivity contribution >= 4 is 27.0 Å². The number of rotatable bonds is 1. The van der Waals surface area contributed by atoms with E-state index >= 15 is 0 Å². The van der Waals surface area contributed by atoms with Crippen LogP contribution in [-0.4, -0.2) is 9.97 Å². The molecular formula is C12H6BrFN2O2. The number of hydrogen-bond acceptors (Lipinski definition) is 3. The first-order chi connectivity index (χ1) is 8.66. The fraction of sp³-hybridized carbons (Fsp3) is 0. The van der Waals surface area contributed by atoms with E-state index in [0.29, 0.717) is 21.2 Å². The van der Waals surface area contributed by atoms with Gasteiger partial charge in [0, 0.05) is 5.56 Å². The van der Waals surface area contributed by atoms with Gasteiger partial charge in [-0.2, -0.15) is 0 Å². The average molecular weight is 309 g/mol. The summed E-state index contributed by atoms with van der Waals surface area (Å²) in [5.41, 5.74) is 0.620. The van der Waals surface area contributed by atoms with E-state index in [1.54, 1.807) is 12.1 Å². The third-order valence-electron chi connectivity index (χ3n) is 2.54. The van der Waals surface area contributed by atoms with Crippen LogP contribution in [0.1, 0.15) is 0 Å². The van der Waals surface area contributed by atoms with Crippen LogP contribution < -0.4 is 5.56 Å². The van der Waals surface area contributed by atoms with Gasteiger partial charge in [-0.25, -0.2) is 9.37 Å². The molecule has 3 aromatic rings. The van der Waals surface area contributed by atoms with Crippen LogP contribution in [-0.2, 0) is 0 Å². The van der Waals surface area contributed by atoms with Crippen molar-refractivity contribution in [3.63, 3.8) is 0 Å². The normalized spacial score (nSPS) is 11.0. The van der Waals surface area contributed by atoms with Gasteiger partial charge in [0.15, 0.2) is 5.76 Å². The minimum Gasteiger partial charge on any atom is -0.436 e. The summed E-state index contributed by atoms with van der Waals surface area (Å²) in [5, 5.41) is 0.344. The lowest BCUT2D eigenvalue weighted by Crippen LogP contribution is -2.04. The lowest BCUT2D eigenvalue weighted by Gasteiger charge is -1.96. The molecule has 90 valence electrons. The average Bonchev–Trinajstić information content (AvgIpc) is 2.69. The first-order valence-corrected chi connectivity index (χ1v) is 5.88. The lowest BCUT2D eigenvalue weighted by atomic mass is 10.1. The molecule has 2 aromatic heterocycles. The number of aromatic nitrogens is 2. The first-order valence-electron chi connectivity index (χ1n) is 5.08. The Morgan fingerprint density at radius 1 is 1.28 bits per heavy atom. The third-order valence-corrected chi connectivity index (χ3v) is 3.30. The number of halogens is 2. The number of H-pyrrole nitrogens is 1. The second-order valence-electron chi connectivity index (χ2n) is 3.66. The van der Waals surface area contributed by atoms with Crippen molar-refractivity contribution < 1.29 is 8.81 Å². The summed E-state index contributed by atoms with van der Waals surface area (Å²) < 4.78 is 18.9. The maximum atomic E-state index is 12.9. The smallest absolute Gasteiger partial charge is 0.263 e. The molecule has 18 heavy (non-hydrogen) atoms. The molecule has 0 saturated heterocycles. The standard InChI is InChI=1S/C12H6BrFN2O2/c13-9-8-11(17)15-5-16-12(8)18-10(9)6-1-3-7(14)4-2-6/h1-5H,(H,15,16,17). The Balaban J connectivity index is 2.30. The number of nitrogens with zero attached hydrogens (tertiary/aromatic N) is 1. The number of hydrogen-bond donors (Lipinski definition) is 1. The molecule has 1 N–H and O–H groups in total. The molecule has 3 rings (SSSR count). The molecule has 0 atom stereocenters. The molecular weight excluding hydrogens is 303 g/mol. The molecule has 0 unspecified atom stereocenters. The Labute approximate surface area is 109 Å². The van der Waals surface area contributed by atoms with E-state index < -0.39 is 0 Å². The number of furan rings is 1. The molecule has 0 saturated carbocycles. The summed E-state index contributed by atoms with van der Waals surface area (Å²) >= 11 is 3.31. The van der Waals surface area contributed by atoms with Crippen molar-refractivity contribution in [3.05, 3.63) is 51.2 Å². The highest BCUT2D eigenvalue weighted by Gasteiger charge is 2.17. The summed E-state index contributed by atoms with van der Waals surface area (Å²) in [4.78, 5) is 18.1. The van der Waals surface area contributed by atoms with E-state index in [2.05, 4.69) is 25.9 Å². The van der Waals surface area contributed by atoms with Crippen LogP contribution in [0.2, 0.25) is 0 Å². The molecule has 0 aliphatic rings. The van der Waals surface area contributed by atoms with Crippen molar-refractivity contribution in [1.82, 2.24) is 9.97 Å². The van der Waals surface area contributed by atoms with E-state index in [0.717, 1.165) is 0 Å². The predicted molar refractivity (Wildman–Crippen MR) is 67.7 cm³/mol. The monoisotopic (exact) mass is 308 g/mol. The Kier molecular flexibility index (Phi) is 2.52. The van der Waals surface area contributed by atoms with Crippen molar-refractivity contribution in [2.45, 2.75) is 0 Å². The maximum absolute atomic E-state index is 12.9. The molecule has 6 heteroatoms. The molecule has 0 amide bonds. The Morgan fingerprint density at radius 2 is 2.00 bits per heavy atom. The molecule has 0 bridgehead atoms. The first kappa shape index (κ1) is 11.2. The van der Waals surface area contributed by atoms with Crippen LogP contribution in [0, 0.1) is 5.82 Å². The zero-order valence-electron chi connectivity index (χ0n) is 8.91. The van der Waals surface area contributed by atoms with Crippen molar-refractivity contribution in [2.24, 2.45) is 0 Å². The fourth-order valence-electron chi connectivity index (χ4n) is 1.70. The predicted octanol–water partition coefficient (Wildman–Crippen LogP) is 3.08. The highest BCUT2D eigenvalue weighted by atomic mass is 79.9. The van der Waals surface area contributed by atoms with Gasteiger partial charge in [-0.1, -0.05) is 0 Å². The van der Waals surface area contributed by atoms with E-state index in [-0.39, 0.29) is 17.1 Å². The number of aromatic amines is 1. The molecule has 0 radical (unpaired) electrons. The minimum atomic E-state index is -0.332. The zero-order valence-corrected chi connectivity index (χ0v) is 10.5. The molecule has 1 aromatic carbocycles. The molecule has 0 spiro atoms. The van der Waals surface area contributed by atoms with Crippen LogP contribution in [0.5, 0.6) is 0 Å². The van der Waals surface area contributed by atoms with Gasteiger partial charge in [-0.15, -0.1) is 0 Å². The molecule has 4 nitrogen and oxygen atoms in total. The SMILES string of the molecule is O=c1[nH]cnc2oc(-c3ccc(F)cc3)c(Br)c12. The highest BCUT2D eigenvalue weighted by Crippen LogP contribution is 2.34. The van der Waals surface area contributed by atoms with Gasteiger partial charge >= 0.3 is 0 Å². The zero-order chi connectivity index (χ0) is 12.7. The highest BCUT2D eigenvalue weighted by molar-refractivity contribution is 9.10. The molecule has 0 aliphatic carbocycles. The van der Waals surface area contributed by atoms with Crippen LogP contribution in [0.25, 0.3) is 22.4 Å². The second kappa shape index (κ2) is 4.06. The summed E-state index contributed by atoms with van der Waals surface area (Å²) in [6, 6.07) is 5.80. The summed E-state index contributed by atoms with van der Waals surface area (Å²) in [7, 11) is 0. The summed E-state index contributed by atoms with van der Waals surface area (Å²) in [6.07, 6.45) is 1.27. The number of benzene rings is 1. The summed E-state index contributed by atoms with van der Waals surface area (Å²) in [5.74, 6) is 0.121. The Hall–Kier alpha value is -1.95. The van der Waals surface area contributed by atoms with E-state index in [9.17, 15) is 9.18 Å². The van der Waals surface area contributed by atoms with Crippen molar-refractivity contribution in [2.75, 3.05) is 0 Å². The van der Waals surface area contributed by atoms with E-state index in [4.69, 9.17) is 4.42 Å². The number of nitrogens with one attached hydrogen (secondary N) is 1. The molecule has 2 heterocycles. The van der Waals surface area contributed by atoms with Gasteiger partial charge in [-0.3, -0.25) is 4.79 Å². The summed E-state index contributed by atoms with van der Waals surface area (Å²) in [6.45, 7) is 0. The quantitative estimate of drug-likeness (QED) is 0.751. The maximum Gasteiger partial charge on any atom is 0.263 e. The van der Waals surface area contributed by atoms with Crippen molar-refractivity contribution in [1.29, 1.82) is 0 Å². The minimum absolute atomic E-state index is 0.241. The van der Waals surface area contributed by atoms with Gasteiger partial charge in [0.2, 0.25) is 5.71 Å². The number of fused-ring (bicyclic) bond motifs is 1. The van der Waals surface area contributed by atoms with Crippen LogP contribution in [0.3, 0.4) is 0 Å². The van der Waals surface area contributed by atoms with Gasteiger partial charge in [0.25, 0.3) is 5.56 Å². The van der Waals surface area contributed by atoms with Crippen molar-refractivity contribution in [3.8, 4) is 11.3 Å². The third kappa shape index (κ3) is 1.65. The van der Waals surface area contributed by atoms with Gasteiger partial charge in [0.05, 0.1) is 10.8 Å². The van der Waals surface area contributed by atoms with Gasteiger partial charge < -0.3 is 9.40 Å². The van der Waals surface area contributed by atoms with Crippen LogP contribution in [0.15, 0.2) is 44.3 Å². The van der Waals surface area contributed by atoms with Crippen LogP contribution in [0.4, 0.5) is 4.39 Å². The topological polar surface area (TPSA) is 58.9 Å². The Bertz CT molecular complexity index is 777. The largest absolute Gasteiger partial charge is 0.436 e. The van der Waals surface area contributed by atoms with Gasteiger partial charge in [-0.05, 0) is 40.2 Å². The Morgan fingerprint density at radius 3 is 2.67 bits per heavy atom. The fourth-order valence-corrected chi connectivity index (χ4v) is 2.36. The van der Waals surface area contributed by atoms with Crippen LogP contribution >= 0.6 is 15.9 Å².